The van der Waals surface area contributed by atoms with Gasteiger partial charge in [0.1, 0.15) is 0 Å². The van der Waals surface area contributed by atoms with Gasteiger partial charge >= 0.3 is 5.97 Å². The van der Waals surface area contributed by atoms with Crippen LogP contribution in [0.4, 0.5) is 5.69 Å². The van der Waals surface area contributed by atoms with E-state index in [4.69, 9.17) is 0 Å². The average Bonchev–Trinajstić information content (AvgIpc) is 2.21. The van der Waals surface area contributed by atoms with Gasteiger partial charge in [-0.1, -0.05) is 0 Å². The highest BCUT2D eigenvalue weighted by Crippen LogP contribution is 2.33. The monoisotopic (exact) mass is 349 g/mol. The number of benzene rings is 1. The smallest absolute Gasteiger partial charge is 0.337 e. The fraction of sp³-hybridized carbons (Fsp3) is 0.364. The highest BCUT2D eigenvalue weighted by atomic mass is 79.9. The molecule has 0 atom stereocenters. The minimum atomic E-state index is -0.350. The third kappa shape index (κ3) is 3.22. The van der Waals surface area contributed by atoms with E-state index < -0.39 is 0 Å². The number of carbonyl (C=O) groups is 1. The second-order valence-corrected chi connectivity index (χ2v) is 5.31. The van der Waals surface area contributed by atoms with E-state index in [2.05, 4.69) is 41.9 Å². The number of ether oxygens (including phenoxy) is 1. The first kappa shape index (κ1) is 13.5. The Balaban J connectivity index is 3.12. The molecule has 1 aromatic rings. The van der Waals surface area contributed by atoms with Crippen LogP contribution in [0.1, 0.15) is 24.2 Å². The predicted molar refractivity (Wildman–Crippen MR) is 71.9 cm³/mol. The van der Waals surface area contributed by atoms with Gasteiger partial charge in [-0.25, -0.2) is 4.79 Å². The molecule has 0 saturated carbocycles. The fourth-order valence-electron chi connectivity index (χ4n) is 1.24. The molecule has 0 radical (unpaired) electrons. The Bertz CT molecular complexity index is 382. The van der Waals surface area contributed by atoms with E-state index in [9.17, 15) is 4.79 Å². The third-order valence-corrected chi connectivity index (χ3v) is 3.15. The van der Waals surface area contributed by atoms with Crippen LogP contribution in [0.2, 0.25) is 0 Å². The largest absolute Gasteiger partial charge is 0.465 e. The molecule has 0 aromatic heterocycles. The summed E-state index contributed by atoms with van der Waals surface area (Å²) in [6.07, 6.45) is 0. The molecule has 0 aliphatic carbocycles. The van der Waals surface area contributed by atoms with Gasteiger partial charge in [0, 0.05) is 15.0 Å². The molecular formula is C11H13Br2NO2. The maximum absolute atomic E-state index is 11.4. The van der Waals surface area contributed by atoms with Crippen molar-refractivity contribution < 1.29 is 9.53 Å². The normalized spacial score (nSPS) is 10.4. The van der Waals surface area contributed by atoms with Gasteiger partial charge in [-0.2, -0.15) is 0 Å². The molecular weight excluding hydrogens is 338 g/mol. The molecule has 0 bridgehead atoms. The maximum atomic E-state index is 11.4. The molecule has 88 valence electrons. The van der Waals surface area contributed by atoms with Crippen LogP contribution >= 0.6 is 31.9 Å². The molecule has 1 aromatic carbocycles. The number of methoxy groups -OCH3 is 1. The molecule has 0 aliphatic heterocycles. The van der Waals surface area contributed by atoms with E-state index >= 15 is 0 Å². The summed E-state index contributed by atoms with van der Waals surface area (Å²) in [5, 5.41) is 3.28. The van der Waals surface area contributed by atoms with E-state index in [0.29, 0.717) is 11.6 Å². The topological polar surface area (TPSA) is 38.3 Å². The van der Waals surface area contributed by atoms with E-state index in [-0.39, 0.29) is 5.97 Å². The van der Waals surface area contributed by atoms with Crippen molar-refractivity contribution in [2.24, 2.45) is 0 Å². The Morgan fingerprint density at radius 3 is 2.19 bits per heavy atom. The van der Waals surface area contributed by atoms with E-state index in [0.717, 1.165) is 14.6 Å². The van der Waals surface area contributed by atoms with E-state index in [1.807, 2.05) is 13.8 Å². The highest BCUT2D eigenvalue weighted by Gasteiger charge is 2.13. The lowest BCUT2D eigenvalue weighted by atomic mass is 10.2. The number of carbonyl (C=O) groups excluding carboxylic acids is 1. The molecule has 0 spiro atoms. The van der Waals surface area contributed by atoms with Crippen molar-refractivity contribution >= 4 is 43.5 Å². The number of esters is 1. The fourth-order valence-corrected chi connectivity index (χ4v) is 2.65. The second-order valence-electron chi connectivity index (χ2n) is 3.61. The summed E-state index contributed by atoms with van der Waals surface area (Å²) in [5.41, 5.74) is 1.44. The van der Waals surface area contributed by atoms with Crippen LogP contribution in [0.5, 0.6) is 0 Å². The number of nitrogens with one attached hydrogen (secondary N) is 1. The molecule has 3 nitrogen and oxygen atoms in total. The first-order valence-electron chi connectivity index (χ1n) is 4.79. The zero-order valence-electron chi connectivity index (χ0n) is 9.30. The second kappa shape index (κ2) is 5.68. The molecule has 0 unspecified atom stereocenters. The standard InChI is InChI=1S/C11H13Br2NO2/c1-6(2)14-10-8(12)4-7(5-9(10)13)11(15)16-3/h4-6,14H,1-3H3. The lowest BCUT2D eigenvalue weighted by molar-refractivity contribution is 0.0600. The van der Waals surface area contributed by atoms with Gasteiger partial charge in [-0.3, -0.25) is 0 Å². The Kier molecular flexibility index (Phi) is 4.80. The predicted octanol–water partition coefficient (Wildman–Crippen LogP) is 3.82. The van der Waals surface area contributed by atoms with Crippen LogP contribution in [0.3, 0.4) is 0 Å². The van der Waals surface area contributed by atoms with Gasteiger partial charge in [-0.15, -0.1) is 0 Å². The molecule has 0 aliphatic rings. The number of hydrogen-bond acceptors (Lipinski definition) is 3. The van der Waals surface area contributed by atoms with Crippen LogP contribution < -0.4 is 5.32 Å². The first-order chi connectivity index (χ1) is 7.45. The van der Waals surface area contributed by atoms with Gasteiger partial charge in [0.15, 0.2) is 0 Å². The number of rotatable bonds is 3. The SMILES string of the molecule is COC(=O)c1cc(Br)c(NC(C)C)c(Br)c1. The molecule has 16 heavy (non-hydrogen) atoms. The summed E-state index contributed by atoms with van der Waals surface area (Å²) in [6, 6.07) is 3.79. The number of anilines is 1. The van der Waals surface area contributed by atoms with Crippen molar-refractivity contribution in [1.82, 2.24) is 0 Å². The van der Waals surface area contributed by atoms with Gasteiger partial charge in [-0.05, 0) is 57.8 Å². The summed E-state index contributed by atoms with van der Waals surface area (Å²) in [5.74, 6) is -0.350. The minimum absolute atomic E-state index is 0.316. The maximum Gasteiger partial charge on any atom is 0.337 e. The molecule has 5 heteroatoms. The first-order valence-corrected chi connectivity index (χ1v) is 6.38. The van der Waals surface area contributed by atoms with E-state index in [1.165, 1.54) is 7.11 Å². The van der Waals surface area contributed by atoms with Crippen LogP contribution in [-0.2, 0) is 4.74 Å². The minimum Gasteiger partial charge on any atom is -0.465 e. The average molecular weight is 351 g/mol. The van der Waals surface area contributed by atoms with Gasteiger partial charge in [0.05, 0.1) is 18.4 Å². The summed E-state index contributed by atoms with van der Waals surface area (Å²) in [6.45, 7) is 4.10. The number of hydrogen-bond donors (Lipinski definition) is 1. The molecule has 0 saturated heterocycles. The molecule has 1 rings (SSSR count). The summed E-state index contributed by atoms with van der Waals surface area (Å²) in [7, 11) is 1.37. The number of halogens is 2. The van der Waals surface area contributed by atoms with Crippen LogP contribution in [0.25, 0.3) is 0 Å². The summed E-state index contributed by atoms with van der Waals surface area (Å²) < 4.78 is 6.33. The summed E-state index contributed by atoms with van der Waals surface area (Å²) in [4.78, 5) is 11.4. The van der Waals surface area contributed by atoms with Gasteiger partial charge in [0.25, 0.3) is 0 Å². The third-order valence-electron chi connectivity index (χ3n) is 1.90. The van der Waals surface area contributed by atoms with Crippen LogP contribution in [0, 0.1) is 0 Å². The lowest BCUT2D eigenvalue weighted by Gasteiger charge is -2.14. The van der Waals surface area contributed by atoms with Gasteiger partial charge < -0.3 is 10.1 Å². The molecule has 1 N–H and O–H groups in total. The molecule has 0 amide bonds. The van der Waals surface area contributed by atoms with Crippen molar-refractivity contribution in [2.45, 2.75) is 19.9 Å². The Labute approximate surface area is 112 Å². The van der Waals surface area contributed by atoms with Crippen molar-refractivity contribution in [2.75, 3.05) is 12.4 Å². The van der Waals surface area contributed by atoms with Crippen molar-refractivity contribution in [1.29, 1.82) is 0 Å². The Morgan fingerprint density at radius 1 is 1.31 bits per heavy atom. The summed E-state index contributed by atoms with van der Waals surface area (Å²) >= 11 is 6.85. The van der Waals surface area contributed by atoms with Crippen LogP contribution in [0.15, 0.2) is 21.1 Å². The van der Waals surface area contributed by atoms with Crippen molar-refractivity contribution in [3.05, 3.63) is 26.6 Å². The van der Waals surface area contributed by atoms with E-state index in [1.54, 1.807) is 12.1 Å². The quantitative estimate of drug-likeness (QED) is 0.842. The Hall–Kier alpha value is -0.550. The highest BCUT2D eigenvalue weighted by molar-refractivity contribution is 9.11. The van der Waals surface area contributed by atoms with Gasteiger partial charge in [0.2, 0.25) is 0 Å². The van der Waals surface area contributed by atoms with Crippen molar-refractivity contribution in [3.8, 4) is 0 Å². The molecule has 0 fully saturated rings. The molecule has 0 heterocycles. The zero-order chi connectivity index (χ0) is 12.3. The Morgan fingerprint density at radius 2 is 1.81 bits per heavy atom. The van der Waals surface area contributed by atoms with Crippen molar-refractivity contribution in [3.63, 3.8) is 0 Å². The zero-order valence-corrected chi connectivity index (χ0v) is 12.5. The lowest BCUT2D eigenvalue weighted by Crippen LogP contribution is -2.11. The van der Waals surface area contributed by atoms with Crippen LogP contribution in [-0.4, -0.2) is 19.1 Å².